The summed E-state index contributed by atoms with van der Waals surface area (Å²) in [6.07, 6.45) is 0.613. The van der Waals surface area contributed by atoms with Gasteiger partial charge in [-0.15, -0.1) is 0 Å². The second kappa shape index (κ2) is 5.38. The molecular formula is C7H14O3. The maximum atomic E-state index is 10.7. The Morgan fingerprint density at radius 2 is 2.30 bits per heavy atom. The van der Waals surface area contributed by atoms with Gasteiger partial charge in [0.1, 0.15) is 5.78 Å². The molecule has 0 amide bonds. The molecule has 1 N–H and O–H groups in total. The molecule has 0 aromatic rings. The molecule has 10 heavy (non-hydrogen) atoms. The first-order chi connectivity index (χ1) is 4.72. The number of aliphatic hydroxyl groups excluding tert-OH is 1. The Bertz CT molecular complexity index is 101. The van der Waals surface area contributed by atoms with Crippen LogP contribution in [-0.4, -0.2) is 31.2 Å². The van der Waals surface area contributed by atoms with Gasteiger partial charge >= 0.3 is 0 Å². The van der Waals surface area contributed by atoms with Crippen molar-refractivity contribution in [2.75, 3.05) is 20.3 Å². The zero-order valence-electron chi connectivity index (χ0n) is 6.46. The first kappa shape index (κ1) is 9.59. The molecule has 0 saturated heterocycles. The molecule has 0 aliphatic carbocycles. The minimum Gasteiger partial charge on any atom is -0.396 e. The van der Waals surface area contributed by atoms with Gasteiger partial charge in [0, 0.05) is 19.6 Å². The molecule has 0 radical (unpaired) electrons. The van der Waals surface area contributed by atoms with E-state index in [0.717, 1.165) is 0 Å². The van der Waals surface area contributed by atoms with Crippen LogP contribution in [0, 0.1) is 5.92 Å². The molecular weight excluding hydrogens is 132 g/mol. The van der Waals surface area contributed by atoms with Crippen molar-refractivity contribution >= 4 is 5.78 Å². The number of aliphatic hydroxyl groups is 1. The highest BCUT2D eigenvalue weighted by Gasteiger charge is 2.11. The van der Waals surface area contributed by atoms with Crippen molar-refractivity contribution in [3.63, 3.8) is 0 Å². The molecule has 0 spiro atoms. The Morgan fingerprint density at radius 1 is 1.70 bits per heavy atom. The van der Waals surface area contributed by atoms with Crippen LogP contribution in [0.4, 0.5) is 0 Å². The molecule has 3 heteroatoms. The van der Waals surface area contributed by atoms with Crippen LogP contribution in [0.3, 0.4) is 0 Å². The van der Waals surface area contributed by atoms with E-state index >= 15 is 0 Å². The van der Waals surface area contributed by atoms with Gasteiger partial charge in [0.05, 0.1) is 6.61 Å². The lowest BCUT2D eigenvalue weighted by molar-refractivity contribution is -0.122. The Morgan fingerprint density at radius 3 is 2.60 bits per heavy atom. The summed E-state index contributed by atoms with van der Waals surface area (Å²) >= 11 is 0. The standard InChI is InChI=1S/C7H14O3/c1-6(9)7(5-8)3-4-10-2/h7-8H,3-5H2,1-2H3. The van der Waals surface area contributed by atoms with E-state index in [1.54, 1.807) is 7.11 Å². The number of carbonyl (C=O) groups excluding carboxylic acids is 1. The third kappa shape index (κ3) is 3.58. The van der Waals surface area contributed by atoms with Gasteiger partial charge in [-0.25, -0.2) is 0 Å². The molecule has 1 unspecified atom stereocenters. The lowest BCUT2D eigenvalue weighted by atomic mass is 10.0. The van der Waals surface area contributed by atoms with Crippen molar-refractivity contribution in [2.24, 2.45) is 5.92 Å². The molecule has 0 saturated carbocycles. The van der Waals surface area contributed by atoms with E-state index in [0.29, 0.717) is 13.0 Å². The van der Waals surface area contributed by atoms with Gasteiger partial charge in [-0.2, -0.15) is 0 Å². The number of ketones is 1. The maximum Gasteiger partial charge on any atom is 0.135 e. The summed E-state index contributed by atoms with van der Waals surface area (Å²) in [6, 6.07) is 0. The molecule has 0 heterocycles. The fraction of sp³-hybridized carbons (Fsp3) is 0.857. The fourth-order valence-corrected chi connectivity index (χ4v) is 0.683. The zero-order valence-corrected chi connectivity index (χ0v) is 6.46. The zero-order chi connectivity index (χ0) is 7.98. The number of rotatable bonds is 5. The van der Waals surface area contributed by atoms with E-state index in [9.17, 15) is 4.79 Å². The van der Waals surface area contributed by atoms with Crippen molar-refractivity contribution in [3.8, 4) is 0 Å². The average Bonchev–Trinajstić information content (AvgIpc) is 1.89. The Hall–Kier alpha value is -0.410. The SMILES string of the molecule is COCCC(CO)C(C)=O. The van der Waals surface area contributed by atoms with E-state index in [1.807, 2.05) is 0 Å². The molecule has 0 bridgehead atoms. The van der Waals surface area contributed by atoms with Crippen molar-refractivity contribution in [1.29, 1.82) is 0 Å². The first-order valence-electron chi connectivity index (χ1n) is 3.32. The summed E-state index contributed by atoms with van der Waals surface area (Å²) < 4.78 is 4.76. The molecule has 0 aromatic carbocycles. The fourth-order valence-electron chi connectivity index (χ4n) is 0.683. The third-order valence-corrected chi connectivity index (χ3v) is 1.47. The van der Waals surface area contributed by atoms with Gasteiger partial charge in [-0.3, -0.25) is 4.79 Å². The quantitative estimate of drug-likeness (QED) is 0.603. The van der Waals surface area contributed by atoms with Crippen LogP contribution in [0.25, 0.3) is 0 Å². The predicted molar refractivity (Wildman–Crippen MR) is 37.7 cm³/mol. The highest BCUT2D eigenvalue weighted by molar-refractivity contribution is 5.78. The van der Waals surface area contributed by atoms with Gasteiger partial charge in [0.25, 0.3) is 0 Å². The molecule has 0 aliphatic heterocycles. The highest BCUT2D eigenvalue weighted by Crippen LogP contribution is 2.02. The third-order valence-electron chi connectivity index (χ3n) is 1.47. The first-order valence-corrected chi connectivity index (χ1v) is 3.32. The van der Waals surface area contributed by atoms with E-state index in [-0.39, 0.29) is 18.3 Å². The van der Waals surface area contributed by atoms with Crippen molar-refractivity contribution in [3.05, 3.63) is 0 Å². The van der Waals surface area contributed by atoms with Gasteiger partial charge in [-0.05, 0) is 13.3 Å². The van der Waals surface area contributed by atoms with Crippen molar-refractivity contribution in [2.45, 2.75) is 13.3 Å². The average molecular weight is 146 g/mol. The van der Waals surface area contributed by atoms with Crippen LogP contribution in [0.2, 0.25) is 0 Å². The summed E-state index contributed by atoms with van der Waals surface area (Å²) in [7, 11) is 1.58. The number of hydrogen-bond acceptors (Lipinski definition) is 3. The molecule has 0 aromatic heterocycles. The Kier molecular flexibility index (Phi) is 5.16. The van der Waals surface area contributed by atoms with Crippen molar-refractivity contribution < 1.29 is 14.6 Å². The van der Waals surface area contributed by atoms with E-state index in [4.69, 9.17) is 9.84 Å². The van der Waals surface area contributed by atoms with E-state index in [2.05, 4.69) is 0 Å². The van der Waals surface area contributed by atoms with Crippen molar-refractivity contribution in [1.82, 2.24) is 0 Å². The summed E-state index contributed by atoms with van der Waals surface area (Å²) in [5, 5.41) is 8.65. The van der Waals surface area contributed by atoms with E-state index in [1.165, 1.54) is 6.92 Å². The second-order valence-corrected chi connectivity index (χ2v) is 2.27. The number of methoxy groups -OCH3 is 1. The van der Waals surface area contributed by atoms with Crippen LogP contribution in [0.1, 0.15) is 13.3 Å². The van der Waals surface area contributed by atoms with E-state index < -0.39 is 0 Å². The second-order valence-electron chi connectivity index (χ2n) is 2.27. The highest BCUT2D eigenvalue weighted by atomic mass is 16.5. The number of carbonyl (C=O) groups is 1. The molecule has 3 nitrogen and oxygen atoms in total. The largest absolute Gasteiger partial charge is 0.396 e. The molecule has 0 aliphatic rings. The van der Waals surface area contributed by atoms with Gasteiger partial charge in [-0.1, -0.05) is 0 Å². The summed E-state index contributed by atoms with van der Waals surface area (Å²) in [5.41, 5.74) is 0. The van der Waals surface area contributed by atoms with Crippen LogP contribution >= 0.6 is 0 Å². The Balaban J connectivity index is 3.50. The molecule has 60 valence electrons. The lowest BCUT2D eigenvalue weighted by Gasteiger charge is -2.07. The van der Waals surface area contributed by atoms with Gasteiger partial charge < -0.3 is 9.84 Å². The maximum absolute atomic E-state index is 10.7. The monoisotopic (exact) mass is 146 g/mol. The number of hydrogen-bond donors (Lipinski definition) is 1. The smallest absolute Gasteiger partial charge is 0.135 e. The summed E-state index contributed by atoms with van der Waals surface area (Å²) in [5.74, 6) is -0.209. The van der Waals surface area contributed by atoms with Crippen LogP contribution in [-0.2, 0) is 9.53 Å². The van der Waals surface area contributed by atoms with Crippen LogP contribution in [0.15, 0.2) is 0 Å². The topological polar surface area (TPSA) is 46.5 Å². The number of ether oxygens (including phenoxy) is 1. The minimum absolute atomic E-state index is 0.0274. The van der Waals surface area contributed by atoms with Crippen LogP contribution < -0.4 is 0 Å². The molecule has 1 atom stereocenters. The Labute approximate surface area is 61.0 Å². The predicted octanol–water partition coefficient (Wildman–Crippen LogP) is 0.220. The van der Waals surface area contributed by atoms with Gasteiger partial charge in [0.2, 0.25) is 0 Å². The lowest BCUT2D eigenvalue weighted by Crippen LogP contribution is -2.17. The minimum atomic E-state index is -0.236. The van der Waals surface area contributed by atoms with Gasteiger partial charge in [0.15, 0.2) is 0 Å². The normalized spacial score (nSPS) is 13.1. The molecule has 0 rings (SSSR count). The summed E-state index contributed by atoms with van der Waals surface area (Å²) in [4.78, 5) is 10.7. The summed E-state index contributed by atoms with van der Waals surface area (Å²) in [6.45, 7) is 1.94. The number of Topliss-reactive ketones (excluding diaryl/α,β-unsaturated/α-hetero) is 1. The molecule has 0 fully saturated rings. The van der Waals surface area contributed by atoms with Crippen LogP contribution in [0.5, 0.6) is 0 Å².